The minimum Gasteiger partial charge on any atom is -0.369 e. The summed E-state index contributed by atoms with van der Waals surface area (Å²) >= 11 is 3.56. The van der Waals surface area contributed by atoms with Crippen molar-refractivity contribution in [3.8, 4) is 0 Å². The molecule has 4 aliphatic rings. The van der Waals surface area contributed by atoms with E-state index in [9.17, 15) is 4.79 Å². The van der Waals surface area contributed by atoms with Crippen LogP contribution >= 0.6 is 15.9 Å². The highest BCUT2D eigenvalue weighted by molar-refractivity contribution is 9.10. The molecule has 1 atom stereocenters. The second-order valence-corrected chi connectivity index (χ2v) is 6.96. The Morgan fingerprint density at radius 2 is 1.53 bits per heavy atom. The fourth-order valence-electron chi connectivity index (χ4n) is 4.79. The molecule has 0 aromatic rings. The number of alkyl halides is 1. The maximum Gasteiger partial charge on any atom is 0.231 e. The number of amides is 1. The van der Waals surface area contributed by atoms with Gasteiger partial charge in [0, 0.05) is 0 Å². The zero-order valence-electron chi connectivity index (χ0n) is 8.92. The van der Waals surface area contributed by atoms with E-state index in [2.05, 4.69) is 15.9 Å². The van der Waals surface area contributed by atoms with Gasteiger partial charge in [0.05, 0.1) is 4.83 Å². The van der Waals surface area contributed by atoms with E-state index in [1.807, 2.05) is 0 Å². The first kappa shape index (κ1) is 10.1. The topological polar surface area (TPSA) is 43.1 Å². The number of nitrogens with two attached hydrogens (primary N) is 1. The summed E-state index contributed by atoms with van der Waals surface area (Å²) in [6.45, 7) is 0. The Hall–Kier alpha value is -0.0500. The molecule has 0 saturated heterocycles. The van der Waals surface area contributed by atoms with Crippen LogP contribution in [0.3, 0.4) is 0 Å². The molecule has 3 heteroatoms. The number of halogens is 1. The lowest BCUT2D eigenvalue weighted by Gasteiger charge is -2.58. The predicted molar refractivity (Wildman–Crippen MR) is 62.5 cm³/mol. The quantitative estimate of drug-likeness (QED) is 0.771. The first-order chi connectivity index (χ1) is 7.09. The van der Waals surface area contributed by atoms with Crippen molar-refractivity contribution in [3.63, 3.8) is 0 Å². The van der Waals surface area contributed by atoms with Crippen molar-refractivity contribution in [2.24, 2.45) is 28.9 Å². The van der Waals surface area contributed by atoms with E-state index in [0.29, 0.717) is 0 Å². The minimum absolute atomic E-state index is 0.0848. The summed E-state index contributed by atoms with van der Waals surface area (Å²) in [6, 6.07) is 0. The van der Waals surface area contributed by atoms with Crippen molar-refractivity contribution < 1.29 is 4.79 Å². The summed E-state index contributed by atoms with van der Waals surface area (Å²) in [4.78, 5) is 11.3. The summed E-state index contributed by atoms with van der Waals surface area (Å²) < 4.78 is 0. The van der Waals surface area contributed by atoms with E-state index in [4.69, 9.17) is 5.73 Å². The monoisotopic (exact) mass is 271 g/mol. The highest BCUT2D eigenvalue weighted by atomic mass is 79.9. The second kappa shape index (κ2) is 3.22. The summed E-state index contributed by atoms with van der Waals surface area (Å²) in [6.07, 6.45) is 7.95. The molecule has 84 valence electrons. The van der Waals surface area contributed by atoms with E-state index in [0.717, 1.165) is 17.8 Å². The Labute approximate surface area is 99.1 Å². The summed E-state index contributed by atoms with van der Waals surface area (Å²) in [5.41, 5.74) is 5.69. The number of rotatable bonds is 2. The van der Waals surface area contributed by atoms with Gasteiger partial charge in [0.1, 0.15) is 0 Å². The minimum atomic E-state index is -0.156. The van der Waals surface area contributed by atoms with Gasteiger partial charge in [-0.15, -0.1) is 0 Å². The fourth-order valence-corrected chi connectivity index (χ4v) is 5.35. The van der Waals surface area contributed by atoms with Gasteiger partial charge in [-0.3, -0.25) is 4.79 Å². The van der Waals surface area contributed by atoms with Crippen molar-refractivity contribution in [1.82, 2.24) is 0 Å². The summed E-state index contributed by atoms with van der Waals surface area (Å²) in [7, 11) is 0. The van der Waals surface area contributed by atoms with E-state index < -0.39 is 0 Å². The molecule has 2 N–H and O–H groups in total. The Balaban J connectivity index is 1.89. The molecule has 0 aromatic carbocycles. The van der Waals surface area contributed by atoms with Crippen LogP contribution in [0.15, 0.2) is 0 Å². The first-order valence-electron chi connectivity index (χ1n) is 6.02. The Bertz CT molecular complexity index is 267. The smallest absolute Gasteiger partial charge is 0.231 e. The van der Waals surface area contributed by atoms with Gasteiger partial charge in [0.2, 0.25) is 5.91 Å². The SMILES string of the molecule is NC(=O)[C@H](Br)C12CC3CC(CC(C3)C1)C2. The van der Waals surface area contributed by atoms with Crippen LogP contribution in [-0.2, 0) is 4.79 Å². The Morgan fingerprint density at radius 1 is 1.13 bits per heavy atom. The van der Waals surface area contributed by atoms with Crippen LogP contribution in [0.5, 0.6) is 0 Å². The first-order valence-corrected chi connectivity index (χ1v) is 6.94. The Kier molecular flexibility index (Phi) is 2.17. The van der Waals surface area contributed by atoms with E-state index >= 15 is 0 Å². The average molecular weight is 272 g/mol. The summed E-state index contributed by atoms with van der Waals surface area (Å²) in [5, 5.41) is 0. The normalized spacial score (nSPS) is 49.3. The van der Waals surface area contributed by atoms with Gasteiger partial charge in [-0.25, -0.2) is 0 Å². The van der Waals surface area contributed by atoms with E-state index in [1.54, 1.807) is 0 Å². The molecular weight excluding hydrogens is 254 g/mol. The van der Waals surface area contributed by atoms with Gasteiger partial charge in [0.15, 0.2) is 0 Å². The standard InChI is InChI=1S/C12H18BrNO/c13-10(11(14)15)12-4-7-1-8(5-12)3-9(2-7)6-12/h7-10H,1-6H2,(H2,14,15)/t7?,8?,9?,10-,12?/m0/s1. The molecule has 0 aromatic heterocycles. The molecule has 0 unspecified atom stereocenters. The van der Waals surface area contributed by atoms with Gasteiger partial charge >= 0.3 is 0 Å². The lowest BCUT2D eigenvalue weighted by molar-refractivity contribution is -0.124. The van der Waals surface area contributed by atoms with Crippen LogP contribution in [-0.4, -0.2) is 10.7 Å². The second-order valence-electron chi connectivity index (χ2n) is 6.04. The van der Waals surface area contributed by atoms with Crippen LogP contribution in [0.1, 0.15) is 38.5 Å². The molecule has 4 fully saturated rings. The lowest BCUT2D eigenvalue weighted by atomic mass is 9.49. The maximum atomic E-state index is 11.4. The van der Waals surface area contributed by atoms with Crippen molar-refractivity contribution in [2.45, 2.75) is 43.4 Å². The van der Waals surface area contributed by atoms with Gasteiger partial charge in [0.25, 0.3) is 0 Å². The number of hydrogen-bond donors (Lipinski definition) is 1. The molecule has 4 rings (SSSR count). The zero-order valence-corrected chi connectivity index (χ0v) is 10.5. The molecule has 0 radical (unpaired) electrons. The van der Waals surface area contributed by atoms with Crippen molar-refractivity contribution >= 4 is 21.8 Å². The summed E-state index contributed by atoms with van der Waals surface area (Å²) in [5.74, 6) is 2.50. The largest absolute Gasteiger partial charge is 0.369 e. The Morgan fingerprint density at radius 3 is 1.87 bits per heavy atom. The molecule has 0 spiro atoms. The van der Waals surface area contributed by atoms with Crippen molar-refractivity contribution in [3.05, 3.63) is 0 Å². The van der Waals surface area contributed by atoms with Crippen LogP contribution < -0.4 is 5.73 Å². The van der Waals surface area contributed by atoms with Gasteiger partial charge in [-0.2, -0.15) is 0 Å². The van der Waals surface area contributed by atoms with Crippen LogP contribution in [0.4, 0.5) is 0 Å². The van der Waals surface area contributed by atoms with Crippen LogP contribution in [0, 0.1) is 23.2 Å². The number of carbonyl (C=O) groups excluding carboxylic acids is 1. The molecule has 1 amide bonds. The molecule has 0 heterocycles. The highest BCUT2D eigenvalue weighted by Crippen LogP contribution is 2.62. The zero-order chi connectivity index (χ0) is 10.6. The number of primary amides is 1. The molecule has 2 nitrogen and oxygen atoms in total. The van der Waals surface area contributed by atoms with Crippen LogP contribution in [0.25, 0.3) is 0 Å². The highest BCUT2D eigenvalue weighted by Gasteiger charge is 2.54. The maximum absolute atomic E-state index is 11.4. The van der Waals surface area contributed by atoms with Gasteiger partial charge < -0.3 is 5.73 Å². The van der Waals surface area contributed by atoms with Crippen molar-refractivity contribution in [2.75, 3.05) is 0 Å². The van der Waals surface area contributed by atoms with Gasteiger partial charge in [-0.05, 0) is 61.7 Å². The number of hydrogen-bond acceptors (Lipinski definition) is 1. The average Bonchev–Trinajstić information content (AvgIpc) is 2.14. The van der Waals surface area contributed by atoms with E-state index in [1.165, 1.54) is 38.5 Å². The lowest BCUT2D eigenvalue weighted by Crippen LogP contribution is -2.53. The molecule has 0 aliphatic heterocycles. The molecule has 4 aliphatic carbocycles. The third-order valence-corrected chi connectivity index (χ3v) is 6.30. The molecule has 4 bridgehead atoms. The number of carbonyl (C=O) groups is 1. The van der Waals surface area contributed by atoms with E-state index in [-0.39, 0.29) is 16.1 Å². The van der Waals surface area contributed by atoms with Crippen LogP contribution in [0.2, 0.25) is 0 Å². The molecule has 15 heavy (non-hydrogen) atoms. The third-order valence-electron chi connectivity index (χ3n) is 4.87. The third kappa shape index (κ3) is 1.46. The van der Waals surface area contributed by atoms with Gasteiger partial charge in [-0.1, -0.05) is 15.9 Å². The molecular formula is C12H18BrNO. The fraction of sp³-hybridized carbons (Fsp3) is 0.917. The predicted octanol–water partition coefficient (Wildman–Crippen LogP) is 2.45. The molecule has 4 saturated carbocycles. The van der Waals surface area contributed by atoms with Crippen molar-refractivity contribution in [1.29, 1.82) is 0 Å².